The minimum absolute atomic E-state index is 0.0350. The summed E-state index contributed by atoms with van der Waals surface area (Å²) in [5.41, 5.74) is 0.992. The highest BCUT2D eigenvalue weighted by Gasteiger charge is 2.27. The first-order valence-corrected chi connectivity index (χ1v) is 8.86. The quantitative estimate of drug-likeness (QED) is 0.789. The van der Waals surface area contributed by atoms with E-state index in [1.54, 1.807) is 0 Å². The minimum atomic E-state index is -0.0350. The Kier molecular flexibility index (Phi) is 6.00. The number of benzene rings is 1. The van der Waals surface area contributed by atoms with Gasteiger partial charge in [0.05, 0.1) is 6.61 Å². The minimum Gasteiger partial charge on any atom is -0.380 e. The number of carbonyl (C=O) groups excluding carboxylic acids is 1. The molecule has 0 spiro atoms. The average molecular weight is 343 g/mol. The second-order valence-corrected chi connectivity index (χ2v) is 6.12. The van der Waals surface area contributed by atoms with Crippen molar-refractivity contribution in [2.24, 2.45) is 0 Å². The summed E-state index contributed by atoms with van der Waals surface area (Å²) in [6.45, 7) is 5.12. The molecule has 1 aliphatic heterocycles. The molecule has 1 aliphatic rings. The van der Waals surface area contributed by atoms with Gasteiger partial charge in [-0.3, -0.25) is 5.10 Å². The van der Waals surface area contributed by atoms with Crippen LogP contribution in [0.5, 0.6) is 0 Å². The Hall–Kier alpha value is -2.41. The number of aromatic nitrogens is 3. The van der Waals surface area contributed by atoms with Crippen LogP contribution >= 0.6 is 0 Å². The van der Waals surface area contributed by atoms with Crippen molar-refractivity contribution in [1.82, 2.24) is 25.4 Å². The maximum absolute atomic E-state index is 12.3. The van der Waals surface area contributed by atoms with Crippen LogP contribution in [0.4, 0.5) is 4.79 Å². The first-order valence-electron chi connectivity index (χ1n) is 8.86. The van der Waals surface area contributed by atoms with Crippen molar-refractivity contribution in [3.63, 3.8) is 0 Å². The van der Waals surface area contributed by atoms with Crippen LogP contribution in [0.3, 0.4) is 0 Å². The molecule has 0 saturated carbocycles. The van der Waals surface area contributed by atoms with Crippen LogP contribution < -0.4 is 5.32 Å². The van der Waals surface area contributed by atoms with Crippen LogP contribution in [0.1, 0.15) is 31.5 Å². The molecule has 2 heterocycles. The summed E-state index contributed by atoms with van der Waals surface area (Å²) in [6.07, 6.45) is 1.97. The van der Waals surface area contributed by atoms with Gasteiger partial charge in [-0.15, -0.1) is 0 Å². The van der Waals surface area contributed by atoms with Crippen molar-refractivity contribution in [2.45, 2.75) is 25.7 Å². The lowest BCUT2D eigenvalue weighted by Gasteiger charge is -2.31. The van der Waals surface area contributed by atoms with E-state index in [-0.39, 0.29) is 11.9 Å². The number of H-pyrrole nitrogens is 1. The molecule has 2 amide bonds. The fraction of sp³-hybridized carbons (Fsp3) is 0.500. The number of carbonyl (C=O) groups is 1. The Morgan fingerprint density at radius 1 is 1.40 bits per heavy atom. The monoisotopic (exact) mass is 343 g/mol. The second kappa shape index (κ2) is 8.62. The van der Waals surface area contributed by atoms with Gasteiger partial charge in [0.25, 0.3) is 0 Å². The third kappa shape index (κ3) is 4.57. The summed E-state index contributed by atoms with van der Waals surface area (Å²) in [6, 6.07) is 9.87. The van der Waals surface area contributed by atoms with Crippen molar-refractivity contribution in [3.8, 4) is 11.4 Å². The van der Waals surface area contributed by atoms with Crippen LogP contribution in [0, 0.1) is 0 Å². The summed E-state index contributed by atoms with van der Waals surface area (Å²) < 4.78 is 5.25. The lowest BCUT2D eigenvalue weighted by atomic mass is 9.97. The molecule has 0 bridgehead atoms. The van der Waals surface area contributed by atoms with Gasteiger partial charge >= 0.3 is 6.03 Å². The van der Waals surface area contributed by atoms with Gasteiger partial charge in [-0.2, -0.15) is 5.10 Å². The number of nitrogens with zero attached hydrogens (tertiary/aromatic N) is 3. The van der Waals surface area contributed by atoms with Gasteiger partial charge in [0.1, 0.15) is 5.82 Å². The molecule has 7 heteroatoms. The smallest absolute Gasteiger partial charge is 0.317 e. The highest BCUT2D eigenvalue weighted by molar-refractivity contribution is 5.74. The highest BCUT2D eigenvalue weighted by Crippen LogP contribution is 2.26. The number of urea groups is 1. The molecule has 2 aromatic rings. The largest absolute Gasteiger partial charge is 0.380 e. The lowest BCUT2D eigenvalue weighted by Crippen LogP contribution is -2.45. The topological polar surface area (TPSA) is 83.1 Å². The summed E-state index contributed by atoms with van der Waals surface area (Å²) >= 11 is 0. The van der Waals surface area contributed by atoms with E-state index in [2.05, 4.69) is 20.5 Å². The number of aromatic amines is 1. The van der Waals surface area contributed by atoms with E-state index in [1.165, 1.54) is 0 Å². The third-order valence-electron chi connectivity index (χ3n) is 4.36. The number of hydrogen-bond acceptors (Lipinski definition) is 4. The molecule has 3 rings (SSSR count). The molecule has 1 aromatic carbocycles. The highest BCUT2D eigenvalue weighted by atomic mass is 16.5. The van der Waals surface area contributed by atoms with E-state index < -0.39 is 0 Å². The Morgan fingerprint density at radius 3 is 3.04 bits per heavy atom. The van der Waals surface area contributed by atoms with Gasteiger partial charge in [-0.05, 0) is 19.8 Å². The average Bonchev–Trinajstić information content (AvgIpc) is 3.16. The van der Waals surface area contributed by atoms with Crippen LogP contribution in [0.25, 0.3) is 11.4 Å². The van der Waals surface area contributed by atoms with Crippen molar-refractivity contribution in [3.05, 3.63) is 36.2 Å². The van der Waals surface area contributed by atoms with Crippen molar-refractivity contribution >= 4 is 6.03 Å². The van der Waals surface area contributed by atoms with Crippen LogP contribution in [0.2, 0.25) is 0 Å². The van der Waals surface area contributed by atoms with Gasteiger partial charge in [0, 0.05) is 37.7 Å². The van der Waals surface area contributed by atoms with Crippen molar-refractivity contribution < 1.29 is 9.53 Å². The maximum Gasteiger partial charge on any atom is 0.317 e. The van der Waals surface area contributed by atoms with E-state index in [0.29, 0.717) is 32.1 Å². The van der Waals surface area contributed by atoms with E-state index in [1.807, 2.05) is 42.2 Å². The molecule has 1 fully saturated rings. The number of amides is 2. The van der Waals surface area contributed by atoms with Gasteiger partial charge in [0.15, 0.2) is 5.82 Å². The van der Waals surface area contributed by atoms with Gasteiger partial charge in [-0.1, -0.05) is 30.3 Å². The molecule has 0 unspecified atom stereocenters. The number of ether oxygens (including phenoxy) is 1. The first kappa shape index (κ1) is 17.4. The van der Waals surface area contributed by atoms with Crippen molar-refractivity contribution in [2.75, 3.05) is 32.8 Å². The Morgan fingerprint density at radius 2 is 2.24 bits per heavy atom. The zero-order chi connectivity index (χ0) is 17.5. The Balaban J connectivity index is 1.58. The fourth-order valence-corrected chi connectivity index (χ4v) is 3.04. The molecule has 0 aliphatic carbocycles. The molecule has 1 aromatic heterocycles. The molecule has 1 atom stereocenters. The molecule has 7 nitrogen and oxygen atoms in total. The van der Waals surface area contributed by atoms with Crippen molar-refractivity contribution in [1.29, 1.82) is 0 Å². The molecular formula is C18H25N5O2. The zero-order valence-electron chi connectivity index (χ0n) is 14.6. The van der Waals surface area contributed by atoms with E-state index in [0.717, 1.165) is 30.8 Å². The number of hydrogen-bond donors (Lipinski definition) is 2. The molecule has 2 N–H and O–H groups in total. The predicted molar refractivity (Wildman–Crippen MR) is 95.3 cm³/mol. The number of piperidine rings is 1. The predicted octanol–water partition coefficient (Wildman–Crippen LogP) is 2.40. The van der Waals surface area contributed by atoms with Crippen LogP contribution in [-0.4, -0.2) is 59.0 Å². The molecular weight excluding hydrogens is 318 g/mol. The van der Waals surface area contributed by atoms with Gasteiger partial charge in [0.2, 0.25) is 0 Å². The number of rotatable bonds is 6. The lowest BCUT2D eigenvalue weighted by molar-refractivity contribution is 0.142. The van der Waals surface area contributed by atoms with Gasteiger partial charge in [-0.25, -0.2) is 9.78 Å². The zero-order valence-corrected chi connectivity index (χ0v) is 14.6. The standard InChI is InChI=1S/C18H25N5O2/c1-2-25-12-10-19-18(24)23-11-6-9-15(13-23)17-20-16(21-22-17)14-7-4-3-5-8-14/h3-5,7-8,15H,2,6,9-13H2,1H3,(H,19,24)(H,20,21,22)/t15-/m0/s1. The number of likely N-dealkylation sites (tertiary alicyclic amines) is 1. The molecule has 0 radical (unpaired) electrons. The summed E-state index contributed by atoms with van der Waals surface area (Å²) in [7, 11) is 0. The second-order valence-electron chi connectivity index (χ2n) is 6.12. The summed E-state index contributed by atoms with van der Waals surface area (Å²) in [5, 5.41) is 10.3. The fourth-order valence-electron chi connectivity index (χ4n) is 3.04. The molecule has 1 saturated heterocycles. The molecule has 134 valence electrons. The summed E-state index contributed by atoms with van der Waals surface area (Å²) in [5.74, 6) is 1.75. The normalized spacial score (nSPS) is 17.5. The summed E-state index contributed by atoms with van der Waals surface area (Å²) in [4.78, 5) is 18.8. The van der Waals surface area contributed by atoms with Crippen LogP contribution in [0.15, 0.2) is 30.3 Å². The van der Waals surface area contributed by atoms with E-state index in [4.69, 9.17) is 4.74 Å². The number of nitrogens with one attached hydrogen (secondary N) is 2. The Bertz CT molecular complexity index is 673. The Labute approximate surface area is 147 Å². The molecule has 25 heavy (non-hydrogen) atoms. The first-order chi connectivity index (χ1) is 12.3. The maximum atomic E-state index is 12.3. The van der Waals surface area contributed by atoms with Crippen LogP contribution in [-0.2, 0) is 4.74 Å². The third-order valence-corrected chi connectivity index (χ3v) is 4.36. The van der Waals surface area contributed by atoms with Gasteiger partial charge < -0.3 is 15.0 Å². The SMILES string of the molecule is CCOCCNC(=O)N1CCC[C@H](c2nc(-c3ccccc3)n[nH]2)C1. The van der Waals surface area contributed by atoms with E-state index in [9.17, 15) is 4.79 Å². The van der Waals surface area contributed by atoms with E-state index >= 15 is 0 Å².